The van der Waals surface area contributed by atoms with E-state index in [9.17, 15) is 0 Å². The molecule has 1 aliphatic rings. The molecule has 0 bridgehead atoms. The van der Waals surface area contributed by atoms with Gasteiger partial charge in [0.2, 0.25) is 0 Å². The van der Waals surface area contributed by atoms with E-state index < -0.39 is 0 Å². The van der Waals surface area contributed by atoms with Gasteiger partial charge in [0.1, 0.15) is 0 Å². The Morgan fingerprint density at radius 1 is 1.40 bits per heavy atom. The molecule has 1 fully saturated rings. The molecule has 1 aromatic carbocycles. The monoisotopic (exact) mass is 264 g/mol. The van der Waals surface area contributed by atoms with Crippen LogP contribution in [0.25, 0.3) is 10.9 Å². The number of hydrogen-bond donors (Lipinski definition) is 1. The van der Waals surface area contributed by atoms with Gasteiger partial charge in [0.15, 0.2) is 0 Å². The first kappa shape index (κ1) is 9.28. The van der Waals surface area contributed by atoms with Gasteiger partial charge in [0.05, 0.1) is 0 Å². The number of anilines is 1. The zero-order chi connectivity index (χ0) is 10.6. The average molecular weight is 265 g/mol. The van der Waals surface area contributed by atoms with Crippen LogP contribution in [0.5, 0.6) is 0 Å². The molecular formula is C12H13BrN2. The first-order valence-corrected chi connectivity index (χ1v) is 6.00. The van der Waals surface area contributed by atoms with E-state index in [0.717, 1.165) is 16.1 Å². The zero-order valence-corrected chi connectivity index (χ0v) is 10.2. The molecule has 1 aliphatic carbocycles. The van der Waals surface area contributed by atoms with E-state index in [1.165, 1.54) is 29.3 Å². The lowest BCUT2D eigenvalue weighted by atomic mass is 10.1. The van der Waals surface area contributed by atoms with Crippen LogP contribution in [0.1, 0.15) is 24.3 Å². The molecule has 0 amide bonds. The molecule has 1 heterocycles. The van der Waals surface area contributed by atoms with E-state index in [4.69, 9.17) is 5.73 Å². The standard InChI is InChI=1S/C12H13BrN2/c1-15-6-9(7-2-3-7)8-4-11(14)10(13)5-12(8)15/h4-7H,2-3,14H2,1H3. The predicted octanol–water partition coefficient (Wildman–Crippen LogP) is 3.40. The van der Waals surface area contributed by atoms with Crippen molar-refractivity contribution in [2.45, 2.75) is 18.8 Å². The SMILES string of the molecule is Cn1cc(C2CC2)c2cc(N)c(Br)cc21. The maximum Gasteiger partial charge on any atom is 0.0493 e. The van der Waals surface area contributed by atoms with Crippen LogP contribution in [0.2, 0.25) is 0 Å². The lowest BCUT2D eigenvalue weighted by Crippen LogP contribution is -1.88. The summed E-state index contributed by atoms with van der Waals surface area (Å²) in [5.41, 5.74) is 9.48. The van der Waals surface area contributed by atoms with Crippen molar-refractivity contribution in [3.05, 3.63) is 28.4 Å². The summed E-state index contributed by atoms with van der Waals surface area (Å²) in [4.78, 5) is 0. The Balaban J connectivity index is 2.34. The number of nitrogens with zero attached hydrogens (tertiary/aromatic N) is 1. The number of nitrogen functional groups attached to an aromatic ring is 1. The van der Waals surface area contributed by atoms with E-state index in [0.29, 0.717) is 0 Å². The average Bonchev–Trinajstić information content (AvgIpc) is 2.97. The van der Waals surface area contributed by atoms with Gasteiger partial charge < -0.3 is 10.3 Å². The van der Waals surface area contributed by atoms with E-state index in [1.54, 1.807) is 0 Å². The molecule has 0 saturated heterocycles. The third kappa shape index (κ3) is 1.37. The van der Waals surface area contributed by atoms with Gasteiger partial charge in [-0.2, -0.15) is 0 Å². The molecule has 2 aromatic rings. The fraction of sp³-hybridized carbons (Fsp3) is 0.333. The van der Waals surface area contributed by atoms with E-state index in [2.05, 4.69) is 45.9 Å². The Bertz CT molecular complexity index is 538. The minimum Gasteiger partial charge on any atom is -0.398 e. The largest absolute Gasteiger partial charge is 0.398 e. The molecule has 0 spiro atoms. The lowest BCUT2D eigenvalue weighted by Gasteiger charge is -2.01. The number of fused-ring (bicyclic) bond motifs is 1. The molecule has 0 aliphatic heterocycles. The molecule has 3 rings (SSSR count). The molecule has 3 heteroatoms. The summed E-state index contributed by atoms with van der Waals surface area (Å²) in [5, 5.41) is 1.32. The maximum absolute atomic E-state index is 5.93. The smallest absolute Gasteiger partial charge is 0.0493 e. The number of aryl methyl sites for hydroxylation is 1. The number of nitrogens with two attached hydrogens (primary N) is 1. The fourth-order valence-corrected chi connectivity index (χ4v) is 2.50. The van der Waals surface area contributed by atoms with Crippen LogP contribution in [0.4, 0.5) is 5.69 Å². The van der Waals surface area contributed by atoms with Crippen LogP contribution in [0.3, 0.4) is 0 Å². The van der Waals surface area contributed by atoms with Gasteiger partial charge in [-0.3, -0.25) is 0 Å². The highest BCUT2D eigenvalue weighted by Crippen LogP contribution is 2.44. The first-order valence-electron chi connectivity index (χ1n) is 5.21. The van der Waals surface area contributed by atoms with Gasteiger partial charge in [-0.15, -0.1) is 0 Å². The number of halogens is 1. The summed E-state index contributed by atoms with van der Waals surface area (Å²) in [6.07, 6.45) is 4.90. The van der Waals surface area contributed by atoms with Crippen LogP contribution in [0, 0.1) is 0 Å². The topological polar surface area (TPSA) is 30.9 Å². The second-order valence-electron chi connectivity index (χ2n) is 4.36. The van der Waals surface area contributed by atoms with Crippen LogP contribution >= 0.6 is 15.9 Å². The van der Waals surface area contributed by atoms with Gasteiger partial charge in [-0.05, 0) is 52.4 Å². The highest BCUT2D eigenvalue weighted by molar-refractivity contribution is 9.10. The molecule has 0 atom stereocenters. The molecule has 0 radical (unpaired) electrons. The highest BCUT2D eigenvalue weighted by Gasteiger charge is 2.27. The van der Waals surface area contributed by atoms with Crippen molar-refractivity contribution in [1.29, 1.82) is 0 Å². The maximum atomic E-state index is 5.93. The van der Waals surface area contributed by atoms with Crippen molar-refractivity contribution in [2.75, 3.05) is 5.73 Å². The Kier molecular flexibility index (Phi) is 1.87. The number of benzene rings is 1. The molecule has 2 nitrogen and oxygen atoms in total. The number of hydrogen-bond acceptors (Lipinski definition) is 1. The first-order chi connectivity index (χ1) is 7.16. The quantitative estimate of drug-likeness (QED) is 0.787. The lowest BCUT2D eigenvalue weighted by molar-refractivity contribution is 0.952. The van der Waals surface area contributed by atoms with Crippen molar-refractivity contribution in [2.24, 2.45) is 7.05 Å². The Hall–Kier alpha value is -0.960. The minimum atomic E-state index is 0.772. The van der Waals surface area contributed by atoms with E-state index in [-0.39, 0.29) is 0 Å². The van der Waals surface area contributed by atoms with E-state index >= 15 is 0 Å². The summed E-state index contributed by atoms with van der Waals surface area (Å²) in [6.45, 7) is 0. The third-order valence-electron chi connectivity index (χ3n) is 3.16. The van der Waals surface area contributed by atoms with Gasteiger partial charge in [0, 0.05) is 34.3 Å². The highest BCUT2D eigenvalue weighted by atomic mass is 79.9. The van der Waals surface area contributed by atoms with Crippen molar-refractivity contribution in [1.82, 2.24) is 4.57 Å². The second kappa shape index (κ2) is 3.01. The van der Waals surface area contributed by atoms with Crippen LogP contribution in [-0.4, -0.2) is 4.57 Å². The number of aromatic nitrogens is 1. The van der Waals surface area contributed by atoms with Gasteiger partial charge in [-0.25, -0.2) is 0 Å². The van der Waals surface area contributed by atoms with Gasteiger partial charge in [0.25, 0.3) is 0 Å². The molecule has 78 valence electrons. The summed E-state index contributed by atoms with van der Waals surface area (Å²) in [7, 11) is 2.09. The molecule has 1 aromatic heterocycles. The third-order valence-corrected chi connectivity index (χ3v) is 3.84. The van der Waals surface area contributed by atoms with Crippen LogP contribution in [0.15, 0.2) is 22.8 Å². The minimum absolute atomic E-state index is 0.772. The fourth-order valence-electron chi connectivity index (χ4n) is 2.17. The van der Waals surface area contributed by atoms with Gasteiger partial charge >= 0.3 is 0 Å². The zero-order valence-electron chi connectivity index (χ0n) is 8.63. The molecule has 1 saturated carbocycles. The Labute approximate surface area is 97.2 Å². The van der Waals surface area contributed by atoms with Crippen molar-refractivity contribution < 1.29 is 0 Å². The Morgan fingerprint density at radius 2 is 2.13 bits per heavy atom. The van der Waals surface area contributed by atoms with Crippen LogP contribution < -0.4 is 5.73 Å². The summed E-state index contributed by atoms with van der Waals surface area (Å²) < 4.78 is 3.17. The second-order valence-corrected chi connectivity index (χ2v) is 5.21. The normalized spacial score (nSPS) is 16.1. The summed E-state index contributed by atoms with van der Waals surface area (Å²) >= 11 is 3.47. The van der Waals surface area contributed by atoms with Crippen LogP contribution in [-0.2, 0) is 7.05 Å². The van der Waals surface area contributed by atoms with Crippen molar-refractivity contribution in [3.8, 4) is 0 Å². The Morgan fingerprint density at radius 3 is 2.80 bits per heavy atom. The molecule has 2 N–H and O–H groups in total. The number of rotatable bonds is 1. The summed E-state index contributed by atoms with van der Waals surface area (Å²) in [6, 6.07) is 4.20. The van der Waals surface area contributed by atoms with Crippen molar-refractivity contribution in [3.63, 3.8) is 0 Å². The van der Waals surface area contributed by atoms with Gasteiger partial charge in [-0.1, -0.05) is 0 Å². The summed E-state index contributed by atoms with van der Waals surface area (Å²) in [5.74, 6) is 0.772. The molecular weight excluding hydrogens is 252 g/mol. The van der Waals surface area contributed by atoms with Crippen molar-refractivity contribution >= 4 is 32.5 Å². The molecule has 0 unspecified atom stereocenters. The predicted molar refractivity (Wildman–Crippen MR) is 67.0 cm³/mol. The van der Waals surface area contributed by atoms with E-state index in [1.807, 2.05) is 0 Å². The molecule has 15 heavy (non-hydrogen) atoms.